The molecule has 150 valence electrons. The van der Waals surface area contributed by atoms with Crippen molar-refractivity contribution < 1.29 is 23.9 Å². The zero-order chi connectivity index (χ0) is 20.7. The van der Waals surface area contributed by atoms with E-state index in [1.807, 2.05) is 13.8 Å². The summed E-state index contributed by atoms with van der Waals surface area (Å²) in [4.78, 5) is 29.2. The van der Waals surface area contributed by atoms with E-state index in [1.165, 1.54) is 12.1 Å². The molecule has 0 aliphatic carbocycles. The number of nitrogens with one attached hydrogen (secondary N) is 3. The minimum Gasteiger partial charge on any atom is -0.394 e. The van der Waals surface area contributed by atoms with Crippen LogP contribution in [0.15, 0.2) is 30.3 Å². The minimum absolute atomic E-state index is 0.0634. The van der Waals surface area contributed by atoms with Crippen LogP contribution in [0.4, 0.5) is 15.8 Å². The Morgan fingerprint density at radius 3 is 2.68 bits per heavy atom. The number of carbonyl (C=O) groups is 2. The van der Waals surface area contributed by atoms with Crippen LogP contribution in [0.3, 0.4) is 0 Å². The van der Waals surface area contributed by atoms with Crippen molar-refractivity contribution in [3.63, 3.8) is 0 Å². The SMILES string of the molecule is CC.Cc1ccc(Nc2cc3c(cc2C(=O)NOCCO)CNC3=O)c(F)c1. The van der Waals surface area contributed by atoms with E-state index >= 15 is 0 Å². The number of fused-ring (bicyclic) bond motifs is 1. The lowest BCUT2D eigenvalue weighted by molar-refractivity contribution is 0.0169. The molecule has 1 aliphatic rings. The van der Waals surface area contributed by atoms with Crippen LogP contribution in [-0.4, -0.2) is 30.1 Å². The summed E-state index contributed by atoms with van der Waals surface area (Å²) in [5.74, 6) is -1.30. The maximum atomic E-state index is 14.2. The quantitative estimate of drug-likeness (QED) is 0.450. The predicted octanol–water partition coefficient (Wildman–Crippen LogP) is 2.80. The fourth-order valence-electron chi connectivity index (χ4n) is 2.65. The van der Waals surface area contributed by atoms with E-state index in [-0.39, 0.29) is 36.1 Å². The van der Waals surface area contributed by atoms with E-state index in [9.17, 15) is 14.0 Å². The molecule has 2 amide bonds. The highest BCUT2D eigenvalue weighted by Gasteiger charge is 2.24. The van der Waals surface area contributed by atoms with Crippen LogP contribution in [0.2, 0.25) is 0 Å². The molecule has 3 rings (SSSR count). The van der Waals surface area contributed by atoms with Crippen molar-refractivity contribution in [3.8, 4) is 0 Å². The molecule has 0 aromatic heterocycles. The summed E-state index contributed by atoms with van der Waals surface area (Å²) in [7, 11) is 0. The molecule has 0 unspecified atom stereocenters. The normalized spacial score (nSPS) is 11.8. The molecular formula is C20H24FN3O4. The predicted molar refractivity (Wildman–Crippen MR) is 104 cm³/mol. The monoisotopic (exact) mass is 389 g/mol. The lowest BCUT2D eigenvalue weighted by Gasteiger charge is -2.14. The molecule has 2 aromatic carbocycles. The molecule has 0 saturated carbocycles. The molecule has 0 bridgehead atoms. The number of amides is 2. The number of aliphatic hydroxyl groups is 1. The molecular weight excluding hydrogens is 365 g/mol. The number of benzene rings is 2. The van der Waals surface area contributed by atoms with Crippen molar-refractivity contribution in [2.45, 2.75) is 27.3 Å². The zero-order valence-corrected chi connectivity index (χ0v) is 16.1. The number of hydroxylamine groups is 1. The number of hydrogen-bond acceptors (Lipinski definition) is 5. The van der Waals surface area contributed by atoms with Gasteiger partial charge in [-0.05, 0) is 42.3 Å². The van der Waals surface area contributed by atoms with Gasteiger partial charge < -0.3 is 15.7 Å². The maximum Gasteiger partial charge on any atom is 0.276 e. The Morgan fingerprint density at radius 1 is 1.25 bits per heavy atom. The highest BCUT2D eigenvalue weighted by Crippen LogP contribution is 2.29. The van der Waals surface area contributed by atoms with Crippen molar-refractivity contribution in [3.05, 3.63) is 58.4 Å². The van der Waals surface area contributed by atoms with Gasteiger partial charge in [-0.25, -0.2) is 9.87 Å². The van der Waals surface area contributed by atoms with Gasteiger partial charge in [0.1, 0.15) is 5.82 Å². The van der Waals surface area contributed by atoms with Crippen molar-refractivity contribution in [2.75, 3.05) is 18.5 Å². The molecule has 28 heavy (non-hydrogen) atoms. The van der Waals surface area contributed by atoms with Gasteiger partial charge in [0.25, 0.3) is 11.8 Å². The summed E-state index contributed by atoms with van der Waals surface area (Å²) >= 11 is 0. The molecule has 1 aliphatic heterocycles. The first-order chi connectivity index (χ1) is 13.5. The van der Waals surface area contributed by atoms with Crippen LogP contribution >= 0.6 is 0 Å². The van der Waals surface area contributed by atoms with Crippen LogP contribution in [0.1, 0.15) is 45.7 Å². The van der Waals surface area contributed by atoms with E-state index < -0.39 is 11.7 Å². The summed E-state index contributed by atoms with van der Waals surface area (Å²) in [5, 5.41) is 14.3. The molecule has 7 nitrogen and oxygen atoms in total. The highest BCUT2D eigenvalue weighted by molar-refractivity contribution is 6.05. The average Bonchev–Trinajstić information content (AvgIpc) is 3.05. The topological polar surface area (TPSA) is 99.7 Å². The van der Waals surface area contributed by atoms with Gasteiger partial charge in [-0.15, -0.1) is 0 Å². The van der Waals surface area contributed by atoms with E-state index in [0.29, 0.717) is 17.7 Å². The molecule has 2 aromatic rings. The number of hydrogen-bond donors (Lipinski definition) is 4. The summed E-state index contributed by atoms with van der Waals surface area (Å²) in [6.45, 7) is 5.77. The molecule has 4 N–H and O–H groups in total. The third kappa shape index (κ3) is 4.85. The molecule has 0 radical (unpaired) electrons. The van der Waals surface area contributed by atoms with E-state index in [1.54, 1.807) is 25.1 Å². The molecule has 0 spiro atoms. The Kier molecular flexibility index (Phi) is 7.48. The van der Waals surface area contributed by atoms with Crippen LogP contribution in [0, 0.1) is 12.7 Å². The average molecular weight is 389 g/mol. The number of anilines is 2. The summed E-state index contributed by atoms with van der Waals surface area (Å²) in [5.41, 5.74) is 4.71. The second-order valence-corrected chi connectivity index (χ2v) is 5.85. The molecule has 0 fully saturated rings. The largest absolute Gasteiger partial charge is 0.394 e. The summed E-state index contributed by atoms with van der Waals surface area (Å²) in [6, 6.07) is 7.72. The van der Waals surface area contributed by atoms with Crippen LogP contribution in [0.5, 0.6) is 0 Å². The number of aryl methyl sites for hydroxylation is 1. The Morgan fingerprint density at radius 2 is 2.00 bits per heavy atom. The first kappa shape index (κ1) is 21.3. The van der Waals surface area contributed by atoms with E-state index in [0.717, 1.165) is 5.56 Å². The standard InChI is InChI=1S/C18H18FN3O4.C2H6/c1-10-2-3-15(14(19)6-10)21-16-8-12-11(9-20-17(12)24)7-13(16)18(25)22-26-5-4-23;1-2/h2-3,6-8,21,23H,4-5,9H2,1H3,(H,20,24)(H,22,25);1-2H3. The number of carbonyl (C=O) groups excluding carboxylic acids is 2. The van der Waals surface area contributed by atoms with Gasteiger partial charge in [-0.2, -0.15) is 0 Å². The molecule has 1 heterocycles. The first-order valence-electron chi connectivity index (χ1n) is 9.01. The smallest absolute Gasteiger partial charge is 0.276 e. The number of aliphatic hydroxyl groups excluding tert-OH is 1. The second kappa shape index (κ2) is 9.82. The lowest BCUT2D eigenvalue weighted by Crippen LogP contribution is -2.26. The third-order valence-corrected chi connectivity index (χ3v) is 3.92. The second-order valence-electron chi connectivity index (χ2n) is 5.85. The fourth-order valence-corrected chi connectivity index (χ4v) is 2.65. The fraction of sp³-hybridized carbons (Fsp3) is 0.300. The van der Waals surface area contributed by atoms with E-state index in [4.69, 9.17) is 9.94 Å². The van der Waals surface area contributed by atoms with Gasteiger partial charge in [0, 0.05) is 12.1 Å². The van der Waals surface area contributed by atoms with Gasteiger partial charge in [0.15, 0.2) is 0 Å². The van der Waals surface area contributed by atoms with Crippen molar-refractivity contribution in [1.82, 2.24) is 10.8 Å². The van der Waals surface area contributed by atoms with Gasteiger partial charge in [0.2, 0.25) is 0 Å². The van der Waals surface area contributed by atoms with Crippen LogP contribution in [0.25, 0.3) is 0 Å². The maximum absolute atomic E-state index is 14.2. The van der Waals surface area contributed by atoms with Gasteiger partial charge >= 0.3 is 0 Å². The highest BCUT2D eigenvalue weighted by atomic mass is 19.1. The number of rotatable bonds is 6. The zero-order valence-electron chi connectivity index (χ0n) is 16.1. The van der Waals surface area contributed by atoms with Crippen molar-refractivity contribution >= 4 is 23.2 Å². The Labute approximate surface area is 162 Å². The summed E-state index contributed by atoms with van der Waals surface area (Å²) < 4.78 is 14.2. The van der Waals surface area contributed by atoms with Gasteiger partial charge in [0.05, 0.1) is 30.2 Å². The Balaban J connectivity index is 0.00000136. The molecule has 0 saturated heterocycles. The van der Waals surface area contributed by atoms with Crippen LogP contribution < -0.4 is 16.1 Å². The molecule has 8 heteroatoms. The molecule has 0 atom stereocenters. The van der Waals surface area contributed by atoms with Gasteiger partial charge in [-0.3, -0.25) is 14.4 Å². The Bertz CT molecular complexity index is 871. The first-order valence-corrected chi connectivity index (χ1v) is 9.01. The Hall–Kier alpha value is -2.97. The summed E-state index contributed by atoms with van der Waals surface area (Å²) in [6.07, 6.45) is 0. The van der Waals surface area contributed by atoms with Crippen LogP contribution in [-0.2, 0) is 11.4 Å². The van der Waals surface area contributed by atoms with Gasteiger partial charge in [-0.1, -0.05) is 19.9 Å². The van der Waals surface area contributed by atoms with Crippen molar-refractivity contribution in [2.24, 2.45) is 0 Å². The van der Waals surface area contributed by atoms with Crippen molar-refractivity contribution in [1.29, 1.82) is 0 Å². The minimum atomic E-state index is -0.574. The van der Waals surface area contributed by atoms with E-state index in [2.05, 4.69) is 16.1 Å². The third-order valence-electron chi connectivity index (χ3n) is 3.92. The number of halogens is 1. The lowest BCUT2D eigenvalue weighted by atomic mass is 10.0.